The lowest BCUT2D eigenvalue weighted by Gasteiger charge is -2.20. The van der Waals surface area contributed by atoms with Gasteiger partial charge in [0, 0.05) is 36.8 Å². The zero-order valence-electron chi connectivity index (χ0n) is 17.5. The fraction of sp³-hybridized carbons (Fsp3) is 0.429. The first-order valence-corrected chi connectivity index (χ1v) is 9.62. The number of carbonyl (C=O) groups is 3. The first-order chi connectivity index (χ1) is 14.2. The largest absolute Gasteiger partial charge is 0.365 e. The van der Waals surface area contributed by atoms with Crippen LogP contribution in [0.3, 0.4) is 0 Å². The molecule has 0 aliphatic rings. The molecule has 9 heteroatoms. The van der Waals surface area contributed by atoms with E-state index in [1.54, 1.807) is 13.8 Å². The van der Waals surface area contributed by atoms with E-state index in [0.717, 1.165) is 11.3 Å². The average Bonchev–Trinajstić information content (AvgIpc) is 3.32. The third kappa shape index (κ3) is 5.98. The number of hydrogen-bond donors (Lipinski definition) is 4. The third-order valence-electron chi connectivity index (χ3n) is 4.68. The molecule has 0 saturated heterocycles. The molecular formula is C21H27N5O4. The quantitative estimate of drug-likeness (QED) is 0.459. The summed E-state index contributed by atoms with van der Waals surface area (Å²) >= 11 is 0. The SMILES string of the molecule is C#CCC(CNC(=O)[C@H](C)NC(=O)[C@H](C)NC(=O)c1cc(C)on1)c1cc[nH]c1C. The molecule has 0 bridgehead atoms. The molecule has 0 fully saturated rings. The van der Waals surface area contributed by atoms with Gasteiger partial charge in [-0.05, 0) is 39.3 Å². The van der Waals surface area contributed by atoms with Gasteiger partial charge in [0.1, 0.15) is 17.8 Å². The fourth-order valence-electron chi connectivity index (χ4n) is 2.93. The highest BCUT2D eigenvalue weighted by Crippen LogP contribution is 2.21. The van der Waals surface area contributed by atoms with E-state index in [-0.39, 0.29) is 17.5 Å². The Hall–Kier alpha value is -3.54. The van der Waals surface area contributed by atoms with Crippen molar-refractivity contribution in [1.82, 2.24) is 26.1 Å². The topological polar surface area (TPSA) is 129 Å². The predicted molar refractivity (Wildman–Crippen MR) is 111 cm³/mol. The Morgan fingerprint density at radius 2 is 1.90 bits per heavy atom. The Kier molecular flexibility index (Phi) is 7.81. The van der Waals surface area contributed by atoms with E-state index in [2.05, 4.69) is 32.0 Å². The Morgan fingerprint density at radius 3 is 2.47 bits per heavy atom. The highest BCUT2D eigenvalue weighted by Gasteiger charge is 2.23. The summed E-state index contributed by atoms with van der Waals surface area (Å²) in [5, 5.41) is 11.5. The second kappa shape index (κ2) is 10.3. The molecule has 0 aliphatic carbocycles. The molecule has 3 amide bonds. The van der Waals surface area contributed by atoms with Crippen molar-refractivity contribution in [3.8, 4) is 12.3 Å². The second-order valence-electron chi connectivity index (χ2n) is 7.16. The van der Waals surface area contributed by atoms with Gasteiger partial charge in [0.15, 0.2) is 5.69 Å². The van der Waals surface area contributed by atoms with Gasteiger partial charge < -0.3 is 25.5 Å². The van der Waals surface area contributed by atoms with Gasteiger partial charge in [-0.3, -0.25) is 14.4 Å². The number of nitrogens with one attached hydrogen (secondary N) is 4. The van der Waals surface area contributed by atoms with Gasteiger partial charge in [-0.1, -0.05) is 5.16 Å². The summed E-state index contributed by atoms with van der Waals surface area (Å²) in [6, 6.07) is 1.76. The molecule has 2 aromatic heterocycles. The number of nitrogens with zero attached hydrogens (tertiary/aromatic N) is 1. The van der Waals surface area contributed by atoms with Crippen LogP contribution in [0.15, 0.2) is 22.9 Å². The minimum Gasteiger partial charge on any atom is -0.365 e. The van der Waals surface area contributed by atoms with Crippen LogP contribution in [0.5, 0.6) is 0 Å². The molecule has 0 spiro atoms. The van der Waals surface area contributed by atoms with Crippen LogP contribution in [0.2, 0.25) is 0 Å². The average molecular weight is 413 g/mol. The van der Waals surface area contributed by atoms with Crippen molar-refractivity contribution in [3.63, 3.8) is 0 Å². The first kappa shape index (κ1) is 22.7. The third-order valence-corrected chi connectivity index (χ3v) is 4.68. The van der Waals surface area contributed by atoms with E-state index in [0.29, 0.717) is 18.7 Å². The molecule has 0 saturated carbocycles. The summed E-state index contributed by atoms with van der Waals surface area (Å²) in [4.78, 5) is 39.9. The summed E-state index contributed by atoms with van der Waals surface area (Å²) in [5.74, 6) is 1.71. The molecule has 3 atom stereocenters. The molecule has 0 aliphatic heterocycles. The summed E-state index contributed by atoms with van der Waals surface area (Å²) in [7, 11) is 0. The first-order valence-electron chi connectivity index (χ1n) is 9.62. The summed E-state index contributed by atoms with van der Waals surface area (Å²) in [5.41, 5.74) is 2.12. The molecule has 4 N–H and O–H groups in total. The van der Waals surface area contributed by atoms with Crippen molar-refractivity contribution in [2.45, 2.75) is 52.1 Å². The number of hydrogen-bond acceptors (Lipinski definition) is 5. The van der Waals surface area contributed by atoms with Gasteiger partial charge in [-0.25, -0.2) is 0 Å². The van der Waals surface area contributed by atoms with Crippen LogP contribution in [0.4, 0.5) is 0 Å². The zero-order valence-corrected chi connectivity index (χ0v) is 17.5. The van der Waals surface area contributed by atoms with Crippen LogP contribution in [0, 0.1) is 26.2 Å². The highest BCUT2D eigenvalue weighted by atomic mass is 16.5. The molecule has 30 heavy (non-hydrogen) atoms. The predicted octanol–water partition coefficient (Wildman–Crippen LogP) is 1.17. The summed E-state index contributed by atoms with van der Waals surface area (Å²) in [6.07, 6.45) is 7.76. The standard InChI is InChI=1S/C21H27N5O4/c1-6-7-16(17-8-9-22-13(17)3)11-23-19(27)14(4)24-20(28)15(5)25-21(29)18-10-12(2)30-26-18/h1,8-10,14-16,22H,7,11H2,2-5H3,(H,23,27)(H,24,28)(H,25,29)/t14-,15-,16?/m0/s1. The number of aryl methyl sites for hydroxylation is 2. The van der Waals surface area contributed by atoms with Crippen molar-refractivity contribution in [3.05, 3.63) is 41.0 Å². The van der Waals surface area contributed by atoms with Gasteiger partial charge in [-0.15, -0.1) is 12.3 Å². The summed E-state index contributed by atoms with van der Waals surface area (Å²) < 4.78 is 4.84. The van der Waals surface area contributed by atoms with Gasteiger partial charge in [0.25, 0.3) is 5.91 Å². The lowest BCUT2D eigenvalue weighted by molar-refractivity contribution is -0.129. The number of aromatic nitrogens is 2. The van der Waals surface area contributed by atoms with E-state index in [4.69, 9.17) is 10.9 Å². The molecule has 0 aromatic carbocycles. The maximum atomic E-state index is 12.4. The molecule has 2 aromatic rings. The van der Waals surface area contributed by atoms with Gasteiger partial charge in [0.05, 0.1) is 0 Å². The molecule has 0 radical (unpaired) electrons. The van der Waals surface area contributed by atoms with Crippen molar-refractivity contribution >= 4 is 17.7 Å². The van der Waals surface area contributed by atoms with E-state index in [1.165, 1.54) is 13.0 Å². The number of carbonyl (C=O) groups excluding carboxylic acids is 3. The monoisotopic (exact) mass is 413 g/mol. The van der Waals surface area contributed by atoms with E-state index < -0.39 is 23.9 Å². The maximum Gasteiger partial charge on any atom is 0.274 e. The summed E-state index contributed by atoms with van der Waals surface area (Å²) in [6.45, 7) is 7.04. The minimum absolute atomic E-state index is 0.0303. The van der Waals surface area contributed by atoms with E-state index in [1.807, 2.05) is 19.2 Å². The Morgan fingerprint density at radius 1 is 1.20 bits per heavy atom. The van der Waals surface area contributed by atoms with Crippen molar-refractivity contribution < 1.29 is 18.9 Å². The Balaban J connectivity index is 1.85. The van der Waals surface area contributed by atoms with E-state index >= 15 is 0 Å². The molecule has 160 valence electrons. The highest BCUT2D eigenvalue weighted by molar-refractivity contribution is 5.96. The second-order valence-corrected chi connectivity index (χ2v) is 7.16. The lowest BCUT2D eigenvalue weighted by atomic mass is 9.96. The van der Waals surface area contributed by atoms with Crippen LogP contribution in [-0.2, 0) is 9.59 Å². The number of terminal acetylenes is 1. The van der Waals surface area contributed by atoms with Gasteiger partial charge in [-0.2, -0.15) is 0 Å². The zero-order chi connectivity index (χ0) is 22.3. The Bertz CT molecular complexity index is 939. The fourth-order valence-corrected chi connectivity index (χ4v) is 2.93. The van der Waals surface area contributed by atoms with Crippen molar-refractivity contribution in [2.24, 2.45) is 0 Å². The maximum absolute atomic E-state index is 12.4. The Labute approximate surface area is 175 Å². The van der Waals surface area contributed by atoms with Crippen molar-refractivity contribution in [1.29, 1.82) is 0 Å². The number of amides is 3. The van der Waals surface area contributed by atoms with Crippen LogP contribution >= 0.6 is 0 Å². The van der Waals surface area contributed by atoms with Crippen LogP contribution in [-0.4, -0.2) is 46.5 Å². The lowest BCUT2D eigenvalue weighted by Crippen LogP contribution is -2.52. The normalized spacial score (nSPS) is 13.6. The molecular weight excluding hydrogens is 386 g/mol. The number of aromatic amines is 1. The molecule has 1 unspecified atom stereocenters. The molecule has 2 heterocycles. The van der Waals surface area contributed by atoms with E-state index in [9.17, 15) is 14.4 Å². The van der Waals surface area contributed by atoms with Gasteiger partial charge in [0.2, 0.25) is 11.8 Å². The van der Waals surface area contributed by atoms with Crippen molar-refractivity contribution in [2.75, 3.05) is 6.54 Å². The number of rotatable bonds is 9. The number of H-pyrrole nitrogens is 1. The van der Waals surface area contributed by atoms with Crippen LogP contribution in [0.1, 0.15) is 53.7 Å². The molecule has 9 nitrogen and oxygen atoms in total. The van der Waals surface area contributed by atoms with Crippen LogP contribution < -0.4 is 16.0 Å². The minimum atomic E-state index is -0.860. The smallest absolute Gasteiger partial charge is 0.274 e. The van der Waals surface area contributed by atoms with Crippen LogP contribution in [0.25, 0.3) is 0 Å². The van der Waals surface area contributed by atoms with Gasteiger partial charge >= 0.3 is 0 Å². The molecule has 2 rings (SSSR count).